The summed E-state index contributed by atoms with van der Waals surface area (Å²) in [5, 5.41) is 4.17. The van der Waals surface area contributed by atoms with Gasteiger partial charge in [0.1, 0.15) is 16.6 Å². The van der Waals surface area contributed by atoms with Gasteiger partial charge in [0.05, 0.1) is 10.2 Å². The lowest BCUT2D eigenvalue weighted by Crippen LogP contribution is -2.17. The van der Waals surface area contributed by atoms with Gasteiger partial charge in [-0.15, -0.1) is 0 Å². The van der Waals surface area contributed by atoms with Crippen LogP contribution in [-0.4, -0.2) is 25.5 Å². The molecule has 8 heteroatoms. The summed E-state index contributed by atoms with van der Waals surface area (Å²) in [6, 6.07) is 3.96. The van der Waals surface area contributed by atoms with Crippen LogP contribution in [0.15, 0.2) is 27.8 Å². The average Bonchev–Trinajstić information content (AvgIpc) is 3.09. The van der Waals surface area contributed by atoms with Gasteiger partial charge in [0.2, 0.25) is 0 Å². The zero-order valence-corrected chi connectivity index (χ0v) is 13.6. The van der Waals surface area contributed by atoms with Gasteiger partial charge in [-0.2, -0.15) is 14.3 Å². The van der Waals surface area contributed by atoms with Crippen LogP contribution >= 0.6 is 27.5 Å². The molecule has 6 nitrogen and oxygen atoms in total. The summed E-state index contributed by atoms with van der Waals surface area (Å²) in [4.78, 5) is 13.4. The van der Waals surface area contributed by atoms with E-state index in [9.17, 15) is 0 Å². The van der Waals surface area contributed by atoms with Gasteiger partial charge >= 0.3 is 0 Å². The number of fused-ring (bicyclic) bond motifs is 3. The van der Waals surface area contributed by atoms with Crippen LogP contribution in [0.5, 0.6) is 0 Å². The van der Waals surface area contributed by atoms with Crippen LogP contribution in [0.2, 0.25) is 0 Å². The maximum atomic E-state index is 4.60. The first-order valence-electron chi connectivity index (χ1n) is 6.49. The Kier molecular flexibility index (Phi) is 3.00. The molecule has 0 aromatic carbocycles. The fourth-order valence-corrected chi connectivity index (χ4v) is 3.61. The number of hydrogen-bond donors (Lipinski definition) is 1. The summed E-state index contributed by atoms with van der Waals surface area (Å²) in [7, 11) is 0. The zero-order valence-electron chi connectivity index (χ0n) is 11.2. The van der Waals surface area contributed by atoms with Crippen molar-refractivity contribution in [1.82, 2.24) is 18.9 Å². The number of aromatic nitrogens is 4. The van der Waals surface area contributed by atoms with E-state index in [-0.39, 0.29) is 0 Å². The molecule has 0 fully saturated rings. The minimum absolute atomic E-state index is 0.468. The van der Waals surface area contributed by atoms with Crippen molar-refractivity contribution in [2.24, 2.45) is 4.99 Å². The first kappa shape index (κ1) is 12.9. The second-order valence-electron chi connectivity index (χ2n) is 4.79. The molecule has 0 amide bonds. The molecule has 1 aromatic rings. The molecule has 0 unspecified atom stereocenters. The third kappa shape index (κ3) is 2.24. The van der Waals surface area contributed by atoms with Crippen LogP contribution in [0.1, 0.15) is 5.69 Å². The van der Waals surface area contributed by atoms with Crippen LogP contribution in [0.25, 0.3) is 11.4 Å². The number of nitrogens with zero attached hydrogens (tertiary/aromatic N) is 5. The van der Waals surface area contributed by atoms with Crippen molar-refractivity contribution in [3.05, 3.63) is 34.1 Å². The molecule has 21 heavy (non-hydrogen) atoms. The highest BCUT2D eigenvalue weighted by Crippen LogP contribution is 2.33. The second-order valence-corrected chi connectivity index (χ2v) is 6.42. The molecule has 4 heterocycles. The molecule has 0 radical (unpaired) electrons. The molecule has 3 aliphatic rings. The Hall–Kier alpha value is -1.80. The van der Waals surface area contributed by atoms with E-state index in [1.807, 2.05) is 25.3 Å². The van der Waals surface area contributed by atoms with Gasteiger partial charge in [-0.05, 0) is 46.5 Å². The summed E-state index contributed by atoms with van der Waals surface area (Å²) < 4.78 is 7.39. The Morgan fingerprint density at radius 2 is 2.33 bits per heavy atom. The number of halogens is 1. The molecule has 1 aromatic heterocycles. The van der Waals surface area contributed by atoms with Crippen molar-refractivity contribution in [1.29, 1.82) is 0 Å². The summed E-state index contributed by atoms with van der Waals surface area (Å²) >= 11 is 4.93. The molecule has 0 atom stereocenters. The molecular weight excluding hydrogens is 352 g/mol. The third-order valence-electron chi connectivity index (χ3n) is 3.27. The van der Waals surface area contributed by atoms with E-state index in [0.29, 0.717) is 5.62 Å². The SMILES string of the molecule is Cc1cc(/N=c2/ncc3cc(Br)c4n(c-3n2)CCN4)sn1. The van der Waals surface area contributed by atoms with Crippen LogP contribution in [-0.2, 0) is 6.54 Å². The van der Waals surface area contributed by atoms with Crippen molar-refractivity contribution in [3.63, 3.8) is 0 Å². The van der Waals surface area contributed by atoms with Gasteiger partial charge in [-0.25, -0.2) is 4.98 Å². The Morgan fingerprint density at radius 3 is 3.14 bits per heavy atom. The zero-order chi connectivity index (χ0) is 14.4. The molecule has 4 rings (SSSR count). The minimum Gasteiger partial charge on any atom is -0.369 e. The largest absolute Gasteiger partial charge is 0.369 e. The van der Waals surface area contributed by atoms with Crippen molar-refractivity contribution in [2.75, 3.05) is 11.9 Å². The molecule has 0 saturated heterocycles. The van der Waals surface area contributed by atoms with Gasteiger partial charge < -0.3 is 9.88 Å². The number of rotatable bonds is 1. The summed E-state index contributed by atoms with van der Waals surface area (Å²) in [6.07, 6.45) is 1.81. The number of hydrogen-bond acceptors (Lipinski definition) is 6. The third-order valence-corrected chi connectivity index (χ3v) is 4.65. The van der Waals surface area contributed by atoms with Gasteiger partial charge in [0.15, 0.2) is 0 Å². The number of nitrogens with one attached hydrogen (secondary N) is 1. The average molecular weight is 363 g/mol. The molecule has 1 N–H and O–H groups in total. The van der Waals surface area contributed by atoms with Crippen LogP contribution in [0.3, 0.4) is 0 Å². The van der Waals surface area contributed by atoms with Crippen molar-refractivity contribution in [2.45, 2.75) is 13.5 Å². The van der Waals surface area contributed by atoms with Crippen LogP contribution < -0.4 is 10.9 Å². The number of aryl methyl sites for hydroxylation is 1. The minimum atomic E-state index is 0.468. The standard InChI is InChI=1S/C13H11BrN6S/c1-7-4-10(21-19-7)17-13-16-6-8-5-9(14)12-15-2-3-20(12)11(8)18-13/h4-6,15H,2-3H2,1H3/b17-13-. The van der Waals surface area contributed by atoms with Crippen molar-refractivity contribution in [3.8, 4) is 11.4 Å². The molecule has 3 aliphatic heterocycles. The topological polar surface area (TPSA) is 68.0 Å². The monoisotopic (exact) mass is 362 g/mol. The lowest BCUT2D eigenvalue weighted by atomic mass is 10.2. The maximum absolute atomic E-state index is 4.60. The summed E-state index contributed by atoms with van der Waals surface area (Å²) in [5.74, 6) is 1.95. The first-order chi connectivity index (χ1) is 10.2. The smallest absolute Gasteiger partial charge is 0.252 e. The molecule has 0 spiro atoms. The number of pyridine rings is 1. The Balaban J connectivity index is 1.92. The lowest BCUT2D eigenvalue weighted by molar-refractivity contribution is 0.778. The predicted molar refractivity (Wildman–Crippen MR) is 84.9 cm³/mol. The predicted octanol–water partition coefficient (Wildman–Crippen LogP) is 2.57. The van der Waals surface area contributed by atoms with E-state index >= 15 is 0 Å². The Morgan fingerprint density at radius 1 is 1.43 bits per heavy atom. The molecular formula is C13H11BrN6S. The van der Waals surface area contributed by atoms with Gasteiger partial charge in [-0.1, -0.05) is 0 Å². The second kappa shape index (κ2) is 4.88. The van der Waals surface area contributed by atoms with Crippen molar-refractivity contribution >= 4 is 38.3 Å². The molecule has 0 saturated carbocycles. The van der Waals surface area contributed by atoms with Crippen LogP contribution in [0, 0.1) is 6.92 Å². The van der Waals surface area contributed by atoms with Crippen LogP contribution in [0.4, 0.5) is 10.8 Å². The molecule has 0 bridgehead atoms. The van der Waals surface area contributed by atoms with Gasteiger partial charge in [-0.3, -0.25) is 0 Å². The normalized spacial score (nSPS) is 14.5. The summed E-state index contributed by atoms with van der Waals surface area (Å²) in [6.45, 7) is 3.74. The Labute approximate surface area is 133 Å². The highest BCUT2D eigenvalue weighted by molar-refractivity contribution is 9.10. The first-order valence-corrected chi connectivity index (χ1v) is 8.05. The summed E-state index contributed by atoms with van der Waals surface area (Å²) in [5.41, 5.74) is 2.42. The van der Waals surface area contributed by atoms with E-state index in [2.05, 4.69) is 45.1 Å². The number of anilines is 1. The van der Waals surface area contributed by atoms with Gasteiger partial charge in [0, 0.05) is 24.8 Å². The fourth-order valence-electron chi connectivity index (χ4n) is 2.37. The molecule has 0 aliphatic carbocycles. The van der Waals surface area contributed by atoms with Gasteiger partial charge in [0.25, 0.3) is 5.62 Å². The maximum Gasteiger partial charge on any atom is 0.252 e. The van der Waals surface area contributed by atoms with E-state index in [1.54, 1.807) is 0 Å². The fraction of sp³-hybridized carbons (Fsp3) is 0.231. The van der Waals surface area contributed by atoms with Crippen molar-refractivity contribution < 1.29 is 0 Å². The highest BCUT2D eigenvalue weighted by Gasteiger charge is 2.19. The quantitative estimate of drug-likeness (QED) is 0.722. The molecule has 106 valence electrons. The highest BCUT2D eigenvalue weighted by atomic mass is 79.9. The lowest BCUT2D eigenvalue weighted by Gasteiger charge is -2.13. The van der Waals surface area contributed by atoms with E-state index in [0.717, 1.165) is 45.5 Å². The van der Waals surface area contributed by atoms with E-state index in [4.69, 9.17) is 0 Å². The Bertz CT molecular complexity index is 867. The van der Waals surface area contributed by atoms with E-state index in [1.165, 1.54) is 11.5 Å². The van der Waals surface area contributed by atoms with E-state index < -0.39 is 0 Å².